The summed E-state index contributed by atoms with van der Waals surface area (Å²) in [5.74, 6) is -0.0415. The number of aromatic nitrogens is 2. The topological polar surface area (TPSA) is 76.0 Å². The van der Waals surface area contributed by atoms with Crippen molar-refractivity contribution in [3.8, 4) is 0 Å². The number of nitrogens with zero attached hydrogens (tertiary/aromatic N) is 2. The van der Waals surface area contributed by atoms with Crippen LogP contribution >= 0.6 is 0 Å². The Morgan fingerprint density at radius 1 is 1.47 bits per heavy atom. The number of carbonyl (C=O) groups is 2. The molecule has 1 aliphatic carbocycles. The van der Waals surface area contributed by atoms with Crippen molar-refractivity contribution < 1.29 is 9.59 Å². The maximum atomic E-state index is 11.8. The molecule has 1 aromatic rings. The monoisotopic (exact) mass is 264 g/mol. The fraction of sp³-hybridized carbons (Fsp3) is 0.615. The van der Waals surface area contributed by atoms with Crippen LogP contribution < -0.4 is 10.6 Å². The first-order chi connectivity index (χ1) is 9.16. The van der Waals surface area contributed by atoms with Crippen molar-refractivity contribution >= 4 is 11.8 Å². The van der Waals surface area contributed by atoms with Crippen LogP contribution in [0.3, 0.4) is 0 Å². The molecule has 1 fully saturated rings. The quantitative estimate of drug-likeness (QED) is 0.776. The van der Waals surface area contributed by atoms with Crippen LogP contribution in [0.4, 0.5) is 0 Å². The molecule has 1 atom stereocenters. The molecule has 1 aromatic heterocycles. The van der Waals surface area contributed by atoms with E-state index >= 15 is 0 Å². The number of hydrogen-bond donors (Lipinski definition) is 2. The van der Waals surface area contributed by atoms with Crippen molar-refractivity contribution in [2.75, 3.05) is 6.54 Å². The van der Waals surface area contributed by atoms with Crippen LogP contribution in [0.5, 0.6) is 0 Å². The number of carbonyl (C=O) groups excluding carboxylic acids is 2. The lowest BCUT2D eigenvalue weighted by molar-refractivity contribution is -0.132. The van der Waals surface area contributed by atoms with E-state index in [4.69, 9.17) is 0 Å². The third-order valence-electron chi connectivity index (χ3n) is 3.43. The van der Waals surface area contributed by atoms with Gasteiger partial charge in [-0.25, -0.2) is 0 Å². The van der Waals surface area contributed by atoms with Gasteiger partial charge in [-0.15, -0.1) is 0 Å². The molecule has 104 valence electrons. The molecule has 0 aliphatic heterocycles. The normalized spacial score (nSPS) is 16.5. The molecule has 2 N–H and O–H groups in total. The molecular weight excluding hydrogens is 244 g/mol. The van der Waals surface area contributed by atoms with Gasteiger partial charge in [0, 0.05) is 24.9 Å². The highest BCUT2D eigenvalue weighted by Gasteiger charge is 2.27. The number of rotatable bonds is 6. The Morgan fingerprint density at radius 2 is 2.26 bits per heavy atom. The molecule has 2 amide bonds. The Balaban J connectivity index is 1.65. The van der Waals surface area contributed by atoms with E-state index in [2.05, 4.69) is 15.7 Å². The van der Waals surface area contributed by atoms with E-state index in [0.29, 0.717) is 13.1 Å². The Hall–Kier alpha value is -1.85. The van der Waals surface area contributed by atoms with Gasteiger partial charge in [0.05, 0.1) is 6.54 Å². The second kappa shape index (κ2) is 6.36. The van der Waals surface area contributed by atoms with Crippen molar-refractivity contribution in [2.45, 2.75) is 38.8 Å². The molecule has 6 nitrogen and oxygen atoms in total. The maximum Gasteiger partial charge on any atom is 0.242 e. The van der Waals surface area contributed by atoms with Gasteiger partial charge in [0.2, 0.25) is 11.8 Å². The standard InChI is InChI=1S/C13H20N4O2/c1-10(16-13(19)11-4-2-5-11)12(18)14-7-9-17-8-3-6-15-17/h3,6,8,10-11H,2,4-5,7,9H2,1H3,(H,14,18)(H,16,19). The Labute approximate surface area is 112 Å². The summed E-state index contributed by atoms with van der Waals surface area (Å²) in [5, 5.41) is 9.58. The van der Waals surface area contributed by atoms with Gasteiger partial charge in [-0.05, 0) is 25.8 Å². The minimum Gasteiger partial charge on any atom is -0.352 e. The zero-order valence-corrected chi connectivity index (χ0v) is 11.1. The minimum atomic E-state index is -0.481. The summed E-state index contributed by atoms with van der Waals surface area (Å²) in [4.78, 5) is 23.5. The molecule has 1 heterocycles. The zero-order valence-electron chi connectivity index (χ0n) is 11.1. The van der Waals surface area contributed by atoms with Gasteiger partial charge in [0.15, 0.2) is 0 Å². The van der Waals surface area contributed by atoms with E-state index in [1.807, 2.05) is 12.3 Å². The number of amides is 2. The average molecular weight is 264 g/mol. The lowest BCUT2D eigenvalue weighted by atomic mass is 9.84. The highest BCUT2D eigenvalue weighted by Crippen LogP contribution is 2.26. The second-order valence-electron chi connectivity index (χ2n) is 4.92. The van der Waals surface area contributed by atoms with Crippen molar-refractivity contribution in [3.05, 3.63) is 18.5 Å². The van der Waals surface area contributed by atoms with Crippen molar-refractivity contribution in [2.24, 2.45) is 5.92 Å². The summed E-state index contributed by atoms with van der Waals surface area (Å²) >= 11 is 0. The molecule has 0 saturated heterocycles. The molecule has 1 saturated carbocycles. The molecule has 19 heavy (non-hydrogen) atoms. The highest BCUT2D eigenvalue weighted by molar-refractivity contribution is 5.88. The van der Waals surface area contributed by atoms with Crippen LogP contribution in [0.25, 0.3) is 0 Å². The van der Waals surface area contributed by atoms with Gasteiger partial charge in [-0.1, -0.05) is 6.42 Å². The van der Waals surface area contributed by atoms with Gasteiger partial charge in [-0.2, -0.15) is 5.10 Å². The summed E-state index contributed by atoms with van der Waals surface area (Å²) in [6, 6.07) is 1.36. The fourth-order valence-electron chi connectivity index (χ4n) is 1.95. The summed E-state index contributed by atoms with van der Waals surface area (Å²) in [5.41, 5.74) is 0. The van der Waals surface area contributed by atoms with Crippen molar-refractivity contribution in [3.63, 3.8) is 0 Å². The SMILES string of the molecule is CC(NC(=O)C1CCC1)C(=O)NCCn1cccn1. The van der Waals surface area contributed by atoms with Gasteiger partial charge >= 0.3 is 0 Å². The molecule has 1 unspecified atom stereocenters. The smallest absolute Gasteiger partial charge is 0.242 e. The first-order valence-corrected chi connectivity index (χ1v) is 6.72. The molecule has 0 spiro atoms. The average Bonchev–Trinajstić information content (AvgIpc) is 2.79. The molecule has 0 bridgehead atoms. The van der Waals surface area contributed by atoms with E-state index < -0.39 is 6.04 Å². The molecule has 0 aromatic carbocycles. The predicted molar refractivity (Wildman–Crippen MR) is 70.2 cm³/mol. The first-order valence-electron chi connectivity index (χ1n) is 6.72. The van der Waals surface area contributed by atoms with Gasteiger partial charge in [-0.3, -0.25) is 14.3 Å². The van der Waals surface area contributed by atoms with E-state index in [0.717, 1.165) is 19.3 Å². The maximum absolute atomic E-state index is 11.8. The van der Waals surface area contributed by atoms with Gasteiger partial charge in [0.25, 0.3) is 0 Å². The molecule has 1 aliphatic rings. The van der Waals surface area contributed by atoms with Crippen LogP contribution in [0, 0.1) is 5.92 Å². The minimum absolute atomic E-state index is 0.000904. The molecular formula is C13H20N4O2. The summed E-state index contributed by atoms with van der Waals surface area (Å²) in [7, 11) is 0. The lowest BCUT2D eigenvalue weighted by Crippen LogP contribution is -2.48. The van der Waals surface area contributed by atoms with Crippen LogP contribution in [-0.2, 0) is 16.1 Å². The molecule has 2 rings (SSSR count). The van der Waals surface area contributed by atoms with Gasteiger partial charge in [0.1, 0.15) is 6.04 Å². The Morgan fingerprint density at radius 3 is 2.84 bits per heavy atom. The van der Waals surface area contributed by atoms with E-state index in [1.165, 1.54) is 0 Å². The lowest BCUT2D eigenvalue weighted by Gasteiger charge is -2.25. The van der Waals surface area contributed by atoms with Gasteiger partial charge < -0.3 is 10.6 Å². The van der Waals surface area contributed by atoms with Crippen molar-refractivity contribution in [1.29, 1.82) is 0 Å². The Bertz CT molecular complexity index is 426. The summed E-state index contributed by atoms with van der Waals surface area (Å²) < 4.78 is 1.75. The fourth-order valence-corrected chi connectivity index (χ4v) is 1.95. The highest BCUT2D eigenvalue weighted by atomic mass is 16.2. The number of hydrogen-bond acceptors (Lipinski definition) is 3. The van der Waals surface area contributed by atoms with Crippen LogP contribution in [0.1, 0.15) is 26.2 Å². The second-order valence-corrected chi connectivity index (χ2v) is 4.92. The third-order valence-corrected chi connectivity index (χ3v) is 3.43. The van der Waals surface area contributed by atoms with E-state index in [-0.39, 0.29) is 17.7 Å². The Kier molecular flexibility index (Phi) is 4.54. The van der Waals surface area contributed by atoms with Crippen LogP contribution in [-0.4, -0.2) is 34.2 Å². The van der Waals surface area contributed by atoms with E-state index in [1.54, 1.807) is 17.8 Å². The van der Waals surface area contributed by atoms with Crippen LogP contribution in [0.2, 0.25) is 0 Å². The summed E-state index contributed by atoms with van der Waals surface area (Å²) in [6.07, 6.45) is 6.54. The molecule has 0 radical (unpaired) electrons. The predicted octanol–water partition coefficient (Wildman–Crippen LogP) is 0.304. The molecule has 6 heteroatoms. The van der Waals surface area contributed by atoms with Crippen molar-refractivity contribution in [1.82, 2.24) is 20.4 Å². The largest absolute Gasteiger partial charge is 0.352 e. The zero-order chi connectivity index (χ0) is 13.7. The number of nitrogens with one attached hydrogen (secondary N) is 2. The summed E-state index contributed by atoms with van der Waals surface area (Å²) in [6.45, 7) is 2.84. The first kappa shape index (κ1) is 13.6. The third kappa shape index (κ3) is 3.81. The van der Waals surface area contributed by atoms with E-state index in [9.17, 15) is 9.59 Å². The van der Waals surface area contributed by atoms with Crippen LogP contribution in [0.15, 0.2) is 18.5 Å².